The fourth-order valence-electron chi connectivity index (χ4n) is 3.03. The van der Waals surface area contributed by atoms with Crippen LogP contribution in [0.15, 0.2) is 64.5 Å². The van der Waals surface area contributed by atoms with Gasteiger partial charge >= 0.3 is 0 Å². The lowest BCUT2D eigenvalue weighted by atomic mass is 10.1. The number of hydrogen-bond acceptors (Lipinski definition) is 10. The van der Waals surface area contributed by atoms with Crippen LogP contribution in [0, 0.1) is 5.82 Å². The highest BCUT2D eigenvalue weighted by molar-refractivity contribution is 7.90. The summed E-state index contributed by atoms with van der Waals surface area (Å²) >= 11 is 0. The van der Waals surface area contributed by atoms with Gasteiger partial charge in [-0.05, 0) is 30.3 Å². The average Bonchev–Trinajstić information content (AvgIpc) is 3.35. The van der Waals surface area contributed by atoms with Crippen molar-refractivity contribution >= 4 is 38.8 Å². The summed E-state index contributed by atoms with van der Waals surface area (Å²) in [7, 11) is -2.24. The fraction of sp³-hybridized carbons (Fsp3) is 0.0952. The molecule has 0 spiro atoms. The molecule has 4 aromatic rings. The molecule has 0 saturated carbocycles. The summed E-state index contributed by atoms with van der Waals surface area (Å²) in [5, 5.41) is 15.8. The number of nitrogens with one attached hydrogen (secondary N) is 3. The van der Waals surface area contributed by atoms with Gasteiger partial charge in [0.25, 0.3) is 5.91 Å². The maximum Gasteiger partial charge on any atom is 0.254 e. The van der Waals surface area contributed by atoms with Gasteiger partial charge in [-0.2, -0.15) is 0 Å². The number of anilines is 4. The number of sulfone groups is 1. The van der Waals surface area contributed by atoms with E-state index in [2.05, 4.69) is 36.1 Å². The molecule has 0 bridgehead atoms. The van der Waals surface area contributed by atoms with Crippen molar-refractivity contribution < 1.29 is 22.0 Å². The number of amides is 1. The van der Waals surface area contributed by atoms with E-state index >= 15 is 0 Å². The number of nitrogens with zero attached hydrogens (tertiary/aromatic N) is 4. The van der Waals surface area contributed by atoms with Crippen LogP contribution in [-0.2, 0) is 9.84 Å². The van der Waals surface area contributed by atoms with E-state index in [1.807, 2.05) is 0 Å². The summed E-state index contributed by atoms with van der Waals surface area (Å²) in [6, 6.07) is 8.69. The summed E-state index contributed by atoms with van der Waals surface area (Å²) in [6.45, 7) is 0. The molecule has 11 nitrogen and oxygen atoms in total. The Kier molecular flexibility index (Phi) is 6.19. The largest absolute Gasteiger partial charge is 0.423 e. The standard InChI is InChI=1S/C21H18FN7O4S/c1-23-20(30)14-10-25-19(28-18-6-4-13(22)9-24-18)8-16(14)27-15-5-3-12(21-29-26-11-33-21)7-17(15)34(2,31)32/h3-11H,1-2H3,(H,23,30)(H2,24,25,27,28). The topological polar surface area (TPSA) is 152 Å². The molecule has 4 rings (SSSR count). The van der Waals surface area contributed by atoms with Gasteiger partial charge in [0.05, 0.1) is 28.0 Å². The zero-order chi connectivity index (χ0) is 24.3. The molecule has 0 fully saturated rings. The van der Waals surface area contributed by atoms with E-state index in [4.69, 9.17) is 4.42 Å². The Balaban J connectivity index is 1.75. The van der Waals surface area contributed by atoms with Gasteiger partial charge in [0.15, 0.2) is 9.84 Å². The summed E-state index contributed by atoms with van der Waals surface area (Å²) in [4.78, 5) is 20.5. The number of hydrogen-bond donors (Lipinski definition) is 3. The summed E-state index contributed by atoms with van der Waals surface area (Å²) in [5.74, 6) is -0.159. The summed E-state index contributed by atoms with van der Waals surface area (Å²) in [6.07, 6.45) is 4.56. The van der Waals surface area contributed by atoms with E-state index in [9.17, 15) is 17.6 Å². The minimum atomic E-state index is -3.70. The van der Waals surface area contributed by atoms with E-state index < -0.39 is 21.6 Å². The molecule has 0 aliphatic heterocycles. The molecule has 34 heavy (non-hydrogen) atoms. The molecular weight excluding hydrogens is 465 g/mol. The smallest absolute Gasteiger partial charge is 0.254 e. The molecule has 3 aromatic heterocycles. The van der Waals surface area contributed by atoms with Crippen molar-refractivity contribution in [2.45, 2.75) is 4.90 Å². The Bertz CT molecular complexity index is 1440. The maximum absolute atomic E-state index is 13.1. The van der Waals surface area contributed by atoms with Crippen LogP contribution in [0.4, 0.5) is 27.4 Å². The van der Waals surface area contributed by atoms with E-state index in [0.29, 0.717) is 11.4 Å². The van der Waals surface area contributed by atoms with Gasteiger partial charge in [0.2, 0.25) is 12.3 Å². The number of aromatic nitrogens is 4. The lowest BCUT2D eigenvalue weighted by molar-refractivity contribution is 0.0963. The second kappa shape index (κ2) is 9.23. The molecule has 0 aliphatic rings. The summed E-state index contributed by atoms with van der Waals surface area (Å²) in [5.41, 5.74) is 1.07. The van der Waals surface area contributed by atoms with Gasteiger partial charge in [0.1, 0.15) is 17.5 Å². The van der Waals surface area contributed by atoms with Crippen LogP contribution < -0.4 is 16.0 Å². The summed E-state index contributed by atoms with van der Waals surface area (Å²) < 4.78 is 43.3. The second-order valence-electron chi connectivity index (χ2n) is 7.03. The molecule has 0 radical (unpaired) electrons. The quantitative estimate of drug-likeness (QED) is 0.358. The molecule has 1 amide bonds. The number of pyridine rings is 2. The first kappa shape index (κ1) is 22.8. The predicted molar refractivity (Wildman–Crippen MR) is 121 cm³/mol. The average molecular weight is 483 g/mol. The van der Waals surface area contributed by atoms with Gasteiger partial charge < -0.3 is 20.4 Å². The normalized spacial score (nSPS) is 11.1. The number of benzene rings is 1. The third kappa shape index (κ3) is 4.99. The number of rotatable bonds is 7. The van der Waals surface area contributed by atoms with E-state index in [0.717, 1.165) is 18.8 Å². The molecule has 13 heteroatoms. The lowest BCUT2D eigenvalue weighted by Gasteiger charge is -2.16. The molecular formula is C21H18FN7O4S. The van der Waals surface area contributed by atoms with Crippen LogP contribution in [0.1, 0.15) is 10.4 Å². The van der Waals surface area contributed by atoms with Crippen LogP contribution in [0.3, 0.4) is 0 Å². The van der Waals surface area contributed by atoms with Crippen LogP contribution in [0.25, 0.3) is 11.5 Å². The van der Waals surface area contributed by atoms with Crippen molar-refractivity contribution in [1.29, 1.82) is 0 Å². The van der Waals surface area contributed by atoms with Gasteiger partial charge in [-0.25, -0.2) is 22.8 Å². The van der Waals surface area contributed by atoms with Crippen LogP contribution >= 0.6 is 0 Å². The molecule has 3 N–H and O–H groups in total. The van der Waals surface area contributed by atoms with E-state index in [1.54, 1.807) is 6.07 Å². The molecule has 0 unspecified atom stereocenters. The number of carbonyl (C=O) groups is 1. The van der Waals surface area contributed by atoms with Gasteiger partial charge in [-0.3, -0.25) is 4.79 Å². The maximum atomic E-state index is 13.1. The fourth-order valence-corrected chi connectivity index (χ4v) is 3.89. The first-order valence-electron chi connectivity index (χ1n) is 9.73. The monoisotopic (exact) mass is 483 g/mol. The van der Waals surface area contributed by atoms with Crippen molar-refractivity contribution in [3.63, 3.8) is 0 Å². The van der Waals surface area contributed by atoms with Crippen molar-refractivity contribution in [3.05, 3.63) is 66.6 Å². The molecule has 1 aromatic carbocycles. The molecule has 0 saturated heterocycles. The van der Waals surface area contributed by atoms with Crippen LogP contribution in [0.5, 0.6) is 0 Å². The van der Waals surface area contributed by atoms with Gasteiger partial charge in [-0.15, -0.1) is 10.2 Å². The van der Waals surface area contributed by atoms with Crippen molar-refractivity contribution in [2.24, 2.45) is 0 Å². The minimum Gasteiger partial charge on any atom is -0.423 e. The van der Waals surface area contributed by atoms with Crippen molar-refractivity contribution in [2.75, 3.05) is 23.9 Å². The highest BCUT2D eigenvalue weighted by Crippen LogP contribution is 2.32. The highest BCUT2D eigenvalue weighted by Gasteiger charge is 2.19. The van der Waals surface area contributed by atoms with Crippen LogP contribution in [-0.4, -0.2) is 47.8 Å². The third-order valence-corrected chi connectivity index (χ3v) is 5.75. The lowest BCUT2D eigenvalue weighted by Crippen LogP contribution is -2.20. The first-order chi connectivity index (χ1) is 16.2. The Morgan fingerprint density at radius 2 is 1.79 bits per heavy atom. The molecule has 0 aliphatic carbocycles. The zero-order valence-corrected chi connectivity index (χ0v) is 18.7. The molecule has 3 heterocycles. The Hall–Kier alpha value is -4.39. The Labute approximate surface area is 193 Å². The van der Waals surface area contributed by atoms with Crippen molar-refractivity contribution in [1.82, 2.24) is 25.5 Å². The third-order valence-electron chi connectivity index (χ3n) is 4.62. The second-order valence-corrected chi connectivity index (χ2v) is 9.02. The van der Waals surface area contributed by atoms with E-state index in [1.165, 1.54) is 43.6 Å². The first-order valence-corrected chi connectivity index (χ1v) is 11.6. The zero-order valence-electron chi connectivity index (χ0n) is 17.9. The van der Waals surface area contributed by atoms with Crippen molar-refractivity contribution in [3.8, 4) is 11.5 Å². The highest BCUT2D eigenvalue weighted by atomic mass is 32.2. The minimum absolute atomic E-state index is 0.0439. The van der Waals surface area contributed by atoms with Crippen LogP contribution in [0.2, 0.25) is 0 Å². The van der Waals surface area contributed by atoms with E-state index in [-0.39, 0.29) is 33.5 Å². The van der Waals surface area contributed by atoms with Gasteiger partial charge in [-0.1, -0.05) is 0 Å². The Morgan fingerprint density at radius 1 is 1.00 bits per heavy atom. The molecule has 0 atom stereocenters. The SMILES string of the molecule is CNC(=O)c1cnc(Nc2ccc(F)cn2)cc1Nc1ccc(-c2nnco2)cc1S(C)(=O)=O. The predicted octanol–water partition coefficient (Wildman–Crippen LogP) is 2.92. The Morgan fingerprint density at radius 3 is 2.44 bits per heavy atom. The number of halogens is 1. The number of carbonyl (C=O) groups excluding carboxylic acids is 1. The van der Waals surface area contributed by atoms with Gasteiger partial charge in [0, 0.05) is 31.1 Å². The molecule has 174 valence electrons.